The molecule has 1 spiro atoms. The van der Waals surface area contributed by atoms with Crippen LogP contribution in [0.2, 0.25) is 5.02 Å². The van der Waals surface area contributed by atoms with Crippen molar-refractivity contribution < 1.29 is 19.1 Å². The van der Waals surface area contributed by atoms with Crippen LogP contribution in [-0.2, 0) is 16.0 Å². The van der Waals surface area contributed by atoms with Gasteiger partial charge in [0, 0.05) is 26.2 Å². The fourth-order valence-corrected chi connectivity index (χ4v) is 5.22. The van der Waals surface area contributed by atoms with Crippen molar-refractivity contribution in [3.63, 3.8) is 0 Å². The van der Waals surface area contributed by atoms with E-state index in [4.69, 9.17) is 21.1 Å². The Bertz CT molecular complexity index is 1050. The first kappa shape index (κ1) is 24.4. The molecule has 2 aromatic carbocycles. The molecule has 0 radical (unpaired) electrons. The summed E-state index contributed by atoms with van der Waals surface area (Å²) in [5, 5.41) is 0.493. The zero-order valence-electron chi connectivity index (χ0n) is 20.2. The van der Waals surface area contributed by atoms with Crippen LogP contribution in [0.3, 0.4) is 0 Å². The zero-order chi connectivity index (χ0) is 24.3. The minimum atomic E-state index is -1.01. The predicted molar refractivity (Wildman–Crippen MR) is 132 cm³/mol. The molecule has 7 heteroatoms. The SMILES string of the molecule is COc1cccc(CC(=O)N2CCC3(CC2)CCN(C(=O)C(C)(C)Oc2ccccc2Cl)C3)c1. The first-order valence-electron chi connectivity index (χ1n) is 11.9. The number of benzene rings is 2. The fraction of sp³-hybridized carbons (Fsp3) is 0.481. The monoisotopic (exact) mass is 484 g/mol. The van der Waals surface area contributed by atoms with E-state index in [2.05, 4.69) is 0 Å². The van der Waals surface area contributed by atoms with E-state index in [1.165, 1.54) is 0 Å². The molecule has 4 rings (SSSR count). The molecule has 2 heterocycles. The Morgan fingerprint density at radius 3 is 2.35 bits per heavy atom. The topological polar surface area (TPSA) is 59.1 Å². The smallest absolute Gasteiger partial charge is 0.266 e. The van der Waals surface area contributed by atoms with Crippen molar-refractivity contribution in [2.45, 2.75) is 45.1 Å². The third-order valence-corrected chi connectivity index (χ3v) is 7.42. The Morgan fingerprint density at radius 1 is 1.00 bits per heavy atom. The summed E-state index contributed by atoms with van der Waals surface area (Å²) in [5.41, 5.74) is 0.0234. The summed E-state index contributed by atoms with van der Waals surface area (Å²) in [7, 11) is 1.63. The van der Waals surface area contributed by atoms with E-state index < -0.39 is 5.60 Å². The van der Waals surface area contributed by atoms with Gasteiger partial charge in [-0.2, -0.15) is 0 Å². The van der Waals surface area contributed by atoms with Gasteiger partial charge in [-0.15, -0.1) is 0 Å². The highest BCUT2D eigenvalue weighted by atomic mass is 35.5. The second-order valence-electron chi connectivity index (χ2n) is 9.93. The van der Waals surface area contributed by atoms with E-state index in [1.54, 1.807) is 33.1 Å². The largest absolute Gasteiger partial charge is 0.497 e. The highest BCUT2D eigenvalue weighted by Gasteiger charge is 2.46. The molecule has 0 bridgehead atoms. The third-order valence-electron chi connectivity index (χ3n) is 7.11. The Morgan fingerprint density at radius 2 is 1.68 bits per heavy atom. The van der Waals surface area contributed by atoms with E-state index >= 15 is 0 Å². The van der Waals surface area contributed by atoms with Crippen LogP contribution in [0.4, 0.5) is 0 Å². The number of amides is 2. The number of halogens is 1. The van der Waals surface area contributed by atoms with Crippen molar-refractivity contribution in [3.8, 4) is 11.5 Å². The number of carbonyl (C=O) groups excluding carboxylic acids is 2. The Hall–Kier alpha value is -2.73. The number of likely N-dealkylation sites (tertiary alicyclic amines) is 2. The van der Waals surface area contributed by atoms with Gasteiger partial charge < -0.3 is 19.3 Å². The van der Waals surface area contributed by atoms with Crippen molar-refractivity contribution in [1.82, 2.24) is 9.80 Å². The van der Waals surface area contributed by atoms with Crippen molar-refractivity contribution in [3.05, 3.63) is 59.1 Å². The van der Waals surface area contributed by atoms with Crippen molar-refractivity contribution in [2.75, 3.05) is 33.3 Å². The zero-order valence-corrected chi connectivity index (χ0v) is 20.9. The maximum atomic E-state index is 13.3. The molecule has 0 saturated carbocycles. The van der Waals surface area contributed by atoms with E-state index in [1.807, 2.05) is 46.2 Å². The molecule has 0 N–H and O–H groups in total. The van der Waals surface area contributed by atoms with Crippen molar-refractivity contribution in [2.24, 2.45) is 5.41 Å². The van der Waals surface area contributed by atoms with Crippen LogP contribution in [0.5, 0.6) is 11.5 Å². The summed E-state index contributed by atoms with van der Waals surface area (Å²) < 4.78 is 11.3. The number of piperidine rings is 1. The molecule has 2 saturated heterocycles. The Labute approximate surface area is 206 Å². The lowest BCUT2D eigenvalue weighted by atomic mass is 9.77. The third kappa shape index (κ3) is 5.33. The maximum Gasteiger partial charge on any atom is 0.266 e. The highest BCUT2D eigenvalue weighted by Crippen LogP contribution is 2.41. The van der Waals surface area contributed by atoms with Gasteiger partial charge in [-0.05, 0) is 68.4 Å². The van der Waals surface area contributed by atoms with E-state index in [9.17, 15) is 9.59 Å². The number of methoxy groups -OCH3 is 1. The van der Waals surface area contributed by atoms with Gasteiger partial charge >= 0.3 is 0 Å². The van der Waals surface area contributed by atoms with Crippen LogP contribution in [0.1, 0.15) is 38.7 Å². The average Bonchev–Trinajstić information content (AvgIpc) is 3.23. The number of rotatable bonds is 6. The Balaban J connectivity index is 1.32. The Kier molecular flexibility index (Phi) is 7.08. The van der Waals surface area contributed by atoms with Crippen LogP contribution < -0.4 is 9.47 Å². The minimum Gasteiger partial charge on any atom is -0.497 e. The van der Waals surface area contributed by atoms with Gasteiger partial charge in [0.05, 0.1) is 18.6 Å². The number of hydrogen-bond acceptors (Lipinski definition) is 4. The van der Waals surface area contributed by atoms with Gasteiger partial charge in [-0.25, -0.2) is 0 Å². The number of hydrogen-bond donors (Lipinski definition) is 0. The molecule has 0 unspecified atom stereocenters. The van der Waals surface area contributed by atoms with E-state index in [-0.39, 0.29) is 17.2 Å². The van der Waals surface area contributed by atoms with Gasteiger partial charge in [0.15, 0.2) is 5.60 Å². The molecule has 34 heavy (non-hydrogen) atoms. The lowest BCUT2D eigenvalue weighted by Gasteiger charge is -2.39. The molecule has 6 nitrogen and oxygen atoms in total. The van der Waals surface area contributed by atoms with Crippen LogP contribution in [0, 0.1) is 5.41 Å². The number of ether oxygens (including phenoxy) is 2. The standard InChI is InChI=1S/C27H33ClN2O4/c1-26(2,34-23-10-5-4-9-22(23)28)25(32)30-16-13-27(19-30)11-14-29(15-12-27)24(31)18-20-7-6-8-21(17-20)33-3/h4-10,17H,11-16,18-19H2,1-3H3. The fourth-order valence-electron chi connectivity index (χ4n) is 5.04. The first-order valence-corrected chi connectivity index (χ1v) is 12.2. The molecule has 2 fully saturated rings. The minimum absolute atomic E-state index is 0.0270. The van der Waals surface area contributed by atoms with Gasteiger partial charge in [0.1, 0.15) is 11.5 Å². The maximum absolute atomic E-state index is 13.3. The first-order chi connectivity index (χ1) is 16.2. The molecule has 2 aliphatic heterocycles. The van der Waals surface area contributed by atoms with E-state index in [0.29, 0.717) is 30.3 Å². The van der Waals surface area contributed by atoms with Gasteiger partial charge in [0.25, 0.3) is 5.91 Å². The molecular weight excluding hydrogens is 452 g/mol. The molecule has 2 aromatic rings. The van der Waals surface area contributed by atoms with Crippen LogP contribution >= 0.6 is 11.6 Å². The molecule has 0 aromatic heterocycles. The number of nitrogens with zero attached hydrogens (tertiary/aromatic N) is 2. The summed E-state index contributed by atoms with van der Waals surface area (Å²) in [6.07, 6.45) is 3.15. The summed E-state index contributed by atoms with van der Waals surface area (Å²) in [4.78, 5) is 30.1. The summed E-state index contributed by atoms with van der Waals surface area (Å²) >= 11 is 6.23. The van der Waals surface area contributed by atoms with Crippen molar-refractivity contribution in [1.29, 1.82) is 0 Å². The molecule has 2 amide bonds. The molecule has 182 valence electrons. The highest BCUT2D eigenvalue weighted by molar-refractivity contribution is 6.32. The van der Waals surface area contributed by atoms with Crippen LogP contribution in [0.15, 0.2) is 48.5 Å². The summed E-state index contributed by atoms with van der Waals surface area (Å²) in [5.74, 6) is 1.39. The van der Waals surface area contributed by atoms with E-state index in [0.717, 1.165) is 43.7 Å². The second kappa shape index (κ2) is 9.87. The van der Waals surface area contributed by atoms with Gasteiger partial charge in [-0.1, -0.05) is 35.9 Å². The molecule has 0 atom stereocenters. The summed E-state index contributed by atoms with van der Waals surface area (Å²) in [6.45, 7) is 6.46. The molecule has 0 aliphatic carbocycles. The van der Waals surface area contributed by atoms with Crippen LogP contribution in [0.25, 0.3) is 0 Å². The predicted octanol–water partition coefficient (Wildman–Crippen LogP) is 4.59. The number of carbonyl (C=O) groups is 2. The van der Waals surface area contributed by atoms with Crippen molar-refractivity contribution >= 4 is 23.4 Å². The molecular formula is C27H33ClN2O4. The quantitative estimate of drug-likeness (QED) is 0.601. The molecule has 2 aliphatic rings. The van der Waals surface area contributed by atoms with Crippen LogP contribution in [-0.4, -0.2) is 60.5 Å². The van der Waals surface area contributed by atoms with Gasteiger partial charge in [-0.3, -0.25) is 9.59 Å². The lowest BCUT2D eigenvalue weighted by molar-refractivity contribution is -0.145. The van der Waals surface area contributed by atoms with Gasteiger partial charge in [0.2, 0.25) is 5.91 Å². The normalized spacial score (nSPS) is 17.6. The number of para-hydroxylation sites is 1. The second-order valence-corrected chi connectivity index (χ2v) is 10.3. The summed E-state index contributed by atoms with van der Waals surface area (Å²) in [6, 6.07) is 14.9. The lowest BCUT2D eigenvalue weighted by Crippen LogP contribution is -2.50. The average molecular weight is 485 g/mol.